The lowest BCUT2D eigenvalue weighted by molar-refractivity contribution is -0.146. The monoisotopic (exact) mass is 230 g/mol. The molecule has 0 aromatic carbocycles. The van der Waals surface area contributed by atoms with Crippen LogP contribution in [0.25, 0.3) is 0 Å². The molecule has 0 aromatic heterocycles. The molecule has 4 nitrogen and oxygen atoms in total. The molecule has 0 amide bonds. The fourth-order valence-electron chi connectivity index (χ4n) is 1.60. The van der Waals surface area contributed by atoms with Gasteiger partial charge in [-0.25, -0.2) is 0 Å². The normalized spacial score (nSPS) is 19.9. The molecule has 1 heterocycles. The van der Waals surface area contributed by atoms with Gasteiger partial charge in [-0.2, -0.15) is 0 Å². The minimum Gasteiger partial charge on any atom is -0.463 e. The third kappa shape index (κ3) is 6.08. The van der Waals surface area contributed by atoms with Crippen LogP contribution in [-0.2, 0) is 19.0 Å². The van der Waals surface area contributed by atoms with Crippen LogP contribution in [0.1, 0.15) is 45.4 Å². The van der Waals surface area contributed by atoms with Gasteiger partial charge in [-0.1, -0.05) is 32.6 Å². The number of carbonyl (C=O) groups excluding carboxylic acids is 1. The van der Waals surface area contributed by atoms with E-state index in [4.69, 9.17) is 14.2 Å². The van der Waals surface area contributed by atoms with Gasteiger partial charge in [0, 0.05) is 6.42 Å². The van der Waals surface area contributed by atoms with Gasteiger partial charge in [0.05, 0.1) is 6.61 Å². The van der Waals surface area contributed by atoms with E-state index in [9.17, 15) is 4.79 Å². The molecule has 4 heteroatoms. The molecule has 0 radical (unpaired) electrons. The molecule has 0 spiro atoms. The lowest BCUT2D eigenvalue weighted by Crippen LogP contribution is -2.20. The fourth-order valence-corrected chi connectivity index (χ4v) is 1.60. The van der Waals surface area contributed by atoms with E-state index in [2.05, 4.69) is 6.92 Å². The van der Waals surface area contributed by atoms with Crippen LogP contribution >= 0.6 is 0 Å². The van der Waals surface area contributed by atoms with Crippen molar-refractivity contribution in [2.24, 2.45) is 0 Å². The van der Waals surface area contributed by atoms with Crippen molar-refractivity contribution in [3.05, 3.63) is 0 Å². The Balaban J connectivity index is 1.90. The molecule has 0 aromatic rings. The zero-order valence-electron chi connectivity index (χ0n) is 10.1. The summed E-state index contributed by atoms with van der Waals surface area (Å²) in [6.07, 6.45) is 6.20. The first-order valence-corrected chi connectivity index (χ1v) is 6.18. The highest BCUT2D eigenvalue weighted by Gasteiger charge is 2.17. The number of unbranched alkanes of at least 4 members (excludes halogenated alkanes) is 4. The number of hydrogen-bond donors (Lipinski definition) is 0. The number of hydrogen-bond acceptors (Lipinski definition) is 4. The van der Waals surface area contributed by atoms with E-state index in [-0.39, 0.29) is 12.1 Å². The van der Waals surface area contributed by atoms with Crippen molar-refractivity contribution >= 4 is 5.97 Å². The van der Waals surface area contributed by atoms with Crippen LogP contribution in [0.15, 0.2) is 0 Å². The highest BCUT2D eigenvalue weighted by atomic mass is 16.7. The number of rotatable bonds is 8. The zero-order valence-corrected chi connectivity index (χ0v) is 10.1. The van der Waals surface area contributed by atoms with Gasteiger partial charge in [0.2, 0.25) is 0 Å². The van der Waals surface area contributed by atoms with E-state index >= 15 is 0 Å². The minimum atomic E-state index is -0.119. The number of esters is 1. The van der Waals surface area contributed by atoms with Crippen LogP contribution in [0.3, 0.4) is 0 Å². The topological polar surface area (TPSA) is 44.8 Å². The van der Waals surface area contributed by atoms with Crippen LogP contribution in [-0.4, -0.2) is 32.1 Å². The number of carbonyl (C=O) groups is 1. The first kappa shape index (κ1) is 13.5. The molecule has 0 saturated carbocycles. The quantitative estimate of drug-likeness (QED) is 0.474. The van der Waals surface area contributed by atoms with Gasteiger partial charge in [0.1, 0.15) is 19.5 Å². The van der Waals surface area contributed by atoms with Gasteiger partial charge >= 0.3 is 5.97 Å². The smallest absolute Gasteiger partial charge is 0.305 e. The Morgan fingerprint density at radius 2 is 2.12 bits per heavy atom. The summed E-state index contributed by atoms with van der Waals surface area (Å²) in [5.74, 6) is -0.119. The summed E-state index contributed by atoms with van der Waals surface area (Å²) in [5, 5.41) is 0. The second-order valence-corrected chi connectivity index (χ2v) is 4.12. The maximum absolute atomic E-state index is 11.3. The summed E-state index contributed by atoms with van der Waals surface area (Å²) in [5.41, 5.74) is 0. The van der Waals surface area contributed by atoms with Crippen molar-refractivity contribution < 1.29 is 19.0 Å². The molecule has 1 saturated heterocycles. The second-order valence-electron chi connectivity index (χ2n) is 4.12. The van der Waals surface area contributed by atoms with Gasteiger partial charge in [0.25, 0.3) is 0 Å². The van der Waals surface area contributed by atoms with E-state index < -0.39 is 0 Å². The largest absolute Gasteiger partial charge is 0.463 e. The first-order chi connectivity index (χ1) is 7.83. The summed E-state index contributed by atoms with van der Waals surface area (Å²) in [6.45, 7) is 3.36. The molecule has 1 aliphatic rings. The predicted octanol–water partition coefficient (Wildman–Crippen LogP) is 2.26. The van der Waals surface area contributed by atoms with E-state index in [1.165, 1.54) is 19.3 Å². The molecule has 1 rings (SSSR count). The van der Waals surface area contributed by atoms with Crippen molar-refractivity contribution in [3.63, 3.8) is 0 Å². The van der Waals surface area contributed by atoms with Gasteiger partial charge < -0.3 is 14.2 Å². The van der Waals surface area contributed by atoms with Crippen molar-refractivity contribution in [1.29, 1.82) is 0 Å². The molecular formula is C12H22O4. The van der Waals surface area contributed by atoms with Gasteiger partial charge in [0.15, 0.2) is 0 Å². The van der Waals surface area contributed by atoms with Crippen LogP contribution in [0, 0.1) is 0 Å². The van der Waals surface area contributed by atoms with Crippen LogP contribution < -0.4 is 0 Å². The van der Waals surface area contributed by atoms with Gasteiger partial charge in [-0.3, -0.25) is 4.79 Å². The third-order valence-corrected chi connectivity index (χ3v) is 2.61. The van der Waals surface area contributed by atoms with Gasteiger partial charge in [-0.15, -0.1) is 0 Å². The Morgan fingerprint density at radius 1 is 1.31 bits per heavy atom. The zero-order chi connectivity index (χ0) is 11.6. The van der Waals surface area contributed by atoms with Crippen LogP contribution in [0.2, 0.25) is 0 Å². The van der Waals surface area contributed by atoms with Crippen molar-refractivity contribution in [1.82, 2.24) is 0 Å². The average Bonchev–Trinajstić information content (AvgIpc) is 2.79. The van der Waals surface area contributed by atoms with E-state index in [1.54, 1.807) is 0 Å². The maximum atomic E-state index is 11.3. The van der Waals surface area contributed by atoms with Crippen molar-refractivity contribution in [2.45, 2.75) is 51.6 Å². The summed E-state index contributed by atoms with van der Waals surface area (Å²) >= 11 is 0. The Hall–Kier alpha value is -0.610. The second kappa shape index (κ2) is 8.53. The Morgan fingerprint density at radius 3 is 2.81 bits per heavy atom. The summed E-state index contributed by atoms with van der Waals surface area (Å²) in [7, 11) is 0. The highest BCUT2D eigenvalue weighted by Crippen LogP contribution is 2.07. The molecule has 1 atom stereocenters. The van der Waals surface area contributed by atoms with E-state index in [0.29, 0.717) is 26.4 Å². The van der Waals surface area contributed by atoms with Crippen molar-refractivity contribution in [2.75, 3.05) is 20.0 Å². The third-order valence-electron chi connectivity index (χ3n) is 2.61. The minimum absolute atomic E-state index is 0.0657. The molecular weight excluding hydrogens is 208 g/mol. The molecule has 0 N–H and O–H groups in total. The lowest BCUT2D eigenvalue weighted by Gasteiger charge is -2.08. The molecule has 1 unspecified atom stereocenters. The standard InChI is InChI=1S/C12H22O4/c1-2-3-4-5-6-7-12(13)15-9-11-8-14-10-16-11/h11H,2-10H2,1H3. The molecule has 0 aliphatic carbocycles. The van der Waals surface area contributed by atoms with E-state index in [0.717, 1.165) is 12.8 Å². The Bertz CT molecular complexity index is 187. The molecule has 94 valence electrons. The molecule has 0 bridgehead atoms. The Kier molecular flexibility index (Phi) is 7.17. The Labute approximate surface area is 97.2 Å². The molecule has 1 fully saturated rings. The van der Waals surface area contributed by atoms with Crippen molar-refractivity contribution in [3.8, 4) is 0 Å². The summed E-state index contributed by atoms with van der Waals surface area (Å²) in [4.78, 5) is 11.3. The van der Waals surface area contributed by atoms with E-state index in [1.807, 2.05) is 0 Å². The maximum Gasteiger partial charge on any atom is 0.305 e. The lowest BCUT2D eigenvalue weighted by atomic mass is 10.1. The fraction of sp³-hybridized carbons (Fsp3) is 0.917. The van der Waals surface area contributed by atoms with Crippen LogP contribution in [0.4, 0.5) is 0 Å². The van der Waals surface area contributed by atoms with Crippen LogP contribution in [0.5, 0.6) is 0 Å². The highest BCUT2D eigenvalue weighted by molar-refractivity contribution is 5.69. The summed E-state index contributed by atoms with van der Waals surface area (Å²) in [6, 6.07) is 0. The SMILES string of the molecule is CCCCCCCC(=O)OCC1COCO1. The number of ether oxygens (including phenoxy) is 3. The molecule has 1 aliphatic heterocycles. The first-order valence-electron chi connectivity index (χ1n) is 6.18. The average molecular weight is 230 g/mol. The summed E-state index contributed by atoms with van der Waals surface area (Å²) < 4.78 is 15.3. The predicted molar refractivity (Wildman–Crippen MR) is 60.0 cm³/mol. The van der Waals surface area contributed by atoms with Gasteiger partial charge in [-0.05, 0) is 6.42 Å². The molecule has 16 heavy (non-hydrogen) atoms.